The zero-order valence-electron chi connectivity index (χ0n) is 11.4. The Labute approximate surface area is 119 Å². The maximum Gasteiger partial charge on any atom is 0.226 e. The van der Waals surface area contributed by atoms with Crippen molar-refractivity contribution < 1.29 is 4.79 Å². The van der Waals surface area contributed by atoms with E-state index in [0.29, 0.717) is 5.91 Å². The number of hydrogen-bond acceptors (Lipinski definition) is 1. The number of carbonyl (C=O) groups excluding carboxylic acids is 1. The molecule has 4 rings (SSSR count). The van der Waals surface area contributed by atoms with Gasteiger partial charge in [-0.15, -0.1) is 0 Å². The highest BCUT2D eigenvalue weighted by molar-refractivity contribution is 5.82. The molecule has 0 atom stereocenters. The van der Waals surface area contributed by atoms with Crippen molar-refractivity contribution in [2.75, 3.05) is 0 Å². The van der Waals surface area contributed by atoms with Crippen LogP contribution in [-0.4, -0.2) is 10.8 Å². The van der Waals surface area contributed by atoms with Gasteiger partial charge in [0.05, 0.1) is 0 Å². The fourth-order valence-electron chi connectivity index (χ4n) is 3.05. The number of fused-ring (bicyclic) bond motifs is 3. The van der Waals surface area contributed by atoms with Gasteiger partial charge in [0, 0.05) is 19.0 Å². The molecule has 0 bridgehead atoms. The number of nitrogens with zero attached hydrogens (tertiary/aromatic N) is 1. The quantitative estimate of drug-likeness (QED) is 0.769. The molecule has 1 amide bonds. The van der Waals surface area contributed by atoms with Crippen molar-refractivity contribution in [3.63, 3.8) is 0 Å². The third-order valence-corrected chi connectivity index (χ3v) is 4.29. The van der Waals surface area contributed by atoms with Gasteiger partial charge in [0.1, 0.15) is 0 Å². The maximum atomic E-state index is 12.5. The number of benzene rings is 2. The molecule has 1 aliphatic heterocycles. The molecule has 2 nitrogen and oxygen atoms in total. The Morgan fingerprint density at radius 2 is 1.35 bits per heavy atom. The van der Waals surface area contributed by atoms with Gasteiger partial charge in [-0.25, -0.2) is 0 Å². The summed E-state index contributed by atoms with van der Waals surface area (Å²) in [6, 6.07) is 16.9. The first-order chi connectivity index (χ1) is 9.83. The van der Waals surface area contributed by atoms with E-state index < -0.39 is 0 Å². The van der Waals surface area contributed by atoms with Crippen LogP contribution in [0.1, 0.15) is 24.0 Å². The molecule has 2 heteroatoms. The first-order valence-electron chi connectivity index (χ1n) is 7.28. The summed E-state index contributed by atoms with van der Waals surface area (Å²) >= 11 is 0. The van der Waals surface area contributed by atoms with E-state index in [9.17, 15) is 4.79 Å². The molecule has 1 aliphatic carbocycles. The van der Waals surface area contributed by atoms with Gasteiger partial charge in [-0.3, -0.25) is 4.79 Å². The van der Waals surface area contributed by atoms with Gasteiger partial charge < -0.3 is 4.90 Å². The SMILES string of the molecule is O=C(C1CC1)N1Cc2ccccc2-c2ccccc2C1. The molecule has 0 saturated heterocycles. The smallest absolute Gasteiger partial charge is 0.226 e. The monoisotopic (exact) mass is 263 g/mol. The van der Waals surface area contributed by atoms with Gasteiger partial charge in [-0.2, -0.15) is 0 Å². The summed E-state index contributed by atoms with van der Waals surface area (Å²) in [6.45, 7) is 1.47. The van der Waals surface area contributed by atoms with Crippen LogP contribution in [0.15, 0.2) is 48.5 Å². The standard InChI is InChI=1S/C18H17NO/c20-18(13-9-10-13)19-11-14-5-1-3-7-16(14)17-8-4-2-6-15(17)12-19/h1-8,13H,9-12H2. The molecule has 2 aromatic rings. The Kier molecular flexibility index (Phi) is 2.62. The van der Waals surface area contributed by atoms with Crippen LogP contribution >= 0.6 is 0 Å². The second-order valence-electron chi connectivity index (χ2n) is 5.78. The summed E-state index contributed by atoms with van der Waals surface area (Å²) < 4.78 is 0. The van der Waals surface area contributed by atoms with Gasteiger partial charge >= 0.3 is 0 Å². The molecule has 1 fully saturated rings. The normalized spacial score (nSPS) is 17.1. The summed E-state index contributed by atoms with van der Waals surface area (Å²) in [5.74, 6) is 0.615. The van der Waals surface area contributed by atoms with E-state index in [1.54, 1.807) is 0 Å². The van der Waals surface area contributed by atoms with Crippen LogP contribution in [0.3, 0.4) is 0 Å². The first kappa shape index (κ1) is 11.7. The predicted molar refractivity (Wildman–Crippen MR) is 78.9 cm³/mol. The Balaban J connectivity index is 1.82. The molecule has 20 heavy (non-hydrogen) atoms. The van der Waals surface area contributed by atoms with Crippen LogP contribution in [0.4, 0.5) is 0 Å². The van der Waals surface area contributed by atoms with E-state index in [2.05, 4.69) is 48.5 Å². The molecular formula is C18H17NO. The minimum atomic E-state index is 0.285. The lowest BCUT2D eigenvalue weighted by Crippen LogP contribution is -2.30. The molecule has 0 N–H and O–H groups in total. The van der Waals surface area contributed by atoms with Gasteiger partial charge in [-0.1, -0.05) is 48.5 Å². The lowest BCUT2D eigenvalue weighted by atomic mass is 9.97. The second kappa shape index (κ2) is 4.48. The average Bonchev–Trinajstić information content (AvgIpc) is 3.32. The predicted octanol–water partition coefficient (Wildman–Crippen LogP) is 3.61. The van der Waals surface area contributed by atoms with E-state index in [0.717, 1.165) is 25.9 Å². The zero-order chi connectivity index (χ0) is 13.5. The van der Waals surface area contributed by atoms with Gasteiger partial charge in [0.15, 0.2) is 0 Å². The first-order valence-corrected chi connectivity index (χ1v) is 7.28. The third kappa shape index (κ3) is 1.92. The van der Waals surface area contributed by atoms with Crippen LogP contribution < -0.4 is 0 Å². The van der Waals surface area contributed by atoms with E-state index in [1.165, 1.54) is 22.3 Å². The van der Waals surface area contributed by atoms with Crippen molar-refractivity contribution in [2.45, 2.75) is 25.9 Å². The molecule has 1 heterocycles. The van der Waals surface area contributed by atoms with E-state index in [1.807, 2.05) is 4.90 Å². The van der Waals surface area contributed by atoms with Crippen molar-refractivity contribution in [1.82, 2.24) is 4.90 Å². The Hall–Kier alpha value is -2.09. The van der Waals surface area contributed by atoms with Crippen LogP contribution in [0.5, 0.6) is 0 Å². The molecule has 0 unspecified atom stereocenters. The van der Waals surface area contributed by atoms with E-state index >= 15 is 0 Å². The summed E-state index contributed by atoms with van der Waals surface area (Å²) in [6.07, 6.45) is 2.14. The van der Waals surface area contributed by atoms with Crippen molar-refractivity contribution >= 4 is 5.91 Å². The fraction of sp³-hybridized carbons (Fsp3) is 0.278. The zero-order valence-corrected chi connectivity index (χ0v) is 11.4. The van der Waals surface area contributed by atoms with Gasteiger partial charge in [0.2, 0.25) is 5.91 Å². The minimum Gasteiger partial charge on any atom is -0.334 e. The lowest BCUT2D eigenvalue weighted by Gasteiger charge is -2.21. The average molecular weight is 263 g/mol. The second-order valence-corrected chi connectivity index (χ2v) is 5.78. The van der Waals surface area contributed by atoms with Crippen LogP contribution in [0, 0.1) is 5.92 Å². The maximum absolute atomic E-state index is 12.5. The van der Waals surface area contributed by atoms with E-state index in [4.69, 9.17) is 0 Å². The minimum absolute atomic E-state index is 0.285. The van der Waals surface area contributed by atoms with Crippen molar-refractivity contribution in [3.8, 4) is 11.1 Å². The number of carbonyl (C=O) groups is 1. The highest BCUT2D eigenvalue weighted by Gasteiger charge is 2.34. The fourth-order valence-corrected chi connectivity index (χ4v) is 3.05. The molecule has 100 valence electrons. The third-order valence-electron chi connectivity index (χ3n) is 4.29. The Morgan fingerprint density at radius 1 is 0.850 bits per heavy atom. The van der Waals surface area contributed by atoms with Crippen molar-refractivity contribution in [2.24, 2.45) is 5.92 Å². The van der Waals surface area contributed by atoms with Crippen molar-refractivity contribution in [1.29, 1.82) is 0 Å². The molecule has 0 radical (unpaired) electrons. The molecule has 1 saturated carbocycles. The summed E-state index contributed by atoms with van der Waals surface area (Å²) in [4.78, 5) is 14.5. The summed E-state index contributed by atoms with van der Waals surface area (Å²) in [5.41, 5.74) is 5.06. The van der Waals surface area contributed by atoms with Gasteiger partial charge in [-0.05, 0) is 35.1 Å². The topological polar surface area (TPSA) is 20.3 Å². The number of hydrogen-bond donors (Lipinski definition) is 0. The number of amides is 1. The number of rotatable bonds is 1. The Morgan fingerprint density at radius 3 is 1.85 bits per heavy atom. The van der Waals surface area contributed by atoms with E-state index in [-0.39, 0.29) is 5.92 Å². The molecule has 2 aromatic carbocycles. The summed E-state index contributed by atoms with van der Waals surface area (Å²) in [7, 11) is 0. The lowest BCUT2D eigenvalue weighted by molar-refractivity contribution is -0.133. The van der Waals surface area contributed by atoms with Crippen LogP contribution in [0.2, 0.25) is 0 Å². The molecule has 0 aromatic heterocycles. The molecule has 2 aliphatic rings. The highest BCUT2D eigenvalue weighted by Crippen LogP contribution is 2.36. The van der Waals surface area contributed by atoms with Crippen LogP contribution in [0.25, 0.3) is 11.1 Å². The van der Waals surface area contributed by atoms with Crippen molar-refractivity contribution in [3.05, 3.63) is 59.7 Å². The summed E-state index contributed by atoms with van der Waals surface area (Å²) in [5, 5.41) is 0. The largest absolute Gasteiger partial charge is 0.334 e. The molecule has 0 spiro atoms. The molecular weight excluding hydrogens is 246 g/mol. The van der Waals surface area contributed by atoms with Crippen LogP contribution in [-0.2, 0) is 17.9 Å². The Bertz CT molecular complexity index is 625. The highest BCUT2D eigenvalue weighted by atomic mass is 16.2. The van der Waals surface area contributed by atoms with Gasteiger partial charge in [0.25, 0.3) is 0 Å².